The molecule has 44 heavy (non-hydrogen) atoms. The molecule has 0 aliphatic carbocycles. The number of hydrogen-bond acceptors (Lipinski definition) is 10. The number of anilines is 2. The van der Waals surface area contributed by atoms with Crippen molar-refractivity contribution in [3.63, 3.8) is 0 Å². The van der Waals surface area contributed by atoms with E-state index in [0.717, 1.165) is 54.0 Å². The number of thiol groups is 1. The molecule has 0 aliphatic heterocycles. The van der Waals surface area contributed by atoms with E-state index < -0.39 is 24.1 Å². The zero-order chi connectivity index (χ0) is 31.8. The van der Waals surface area contributed by atoms with Crippen molar-refractivity contribution in [2.75, 3.05) is 24.8 Å². The Labute approximate surface area is 292 Å². The van der Waals surface area contributed by atoms with E-state index in [4.69, 9.17) is 31.5 Å². The number of esters is 2. The number of ether oxygens (including phenoxy) is 3. The molecule has 12 heteroatoms. The summed E-state index contributed by atoms with van der Waals surface area (Å²) in [5.74, 6) is -1.08. The molecule has 1 unspecified atom stereocenters. The molecule has 4 N–H and O–H groups in total. The normalized spacial score (nSPS) is 12.2. The number of benzene rings is 2. The van der Waals surface area contributed by atoms with Crippen molar-refractivity contribution in [1.29, 1.82) is 0 Å². The minimum absolute atomic E-state index is 0. The van der Waals surface area contributed by atoms with Gasteiger partial charge in [-0.2, -0.15) is 0 Å². The summed E-state index contributed by atoms with van der Waals surface area (Å²) in [5, 5.41) is 3.92. The number of carbonyl (C=O) groups is 2. The Morgan fingerprint density at radius 1 is 1.09 bits per heavy atom. The van der Waals surface area contributed by atoms with Gasteiger partial charge in [-0.3, -0.25) is 4.72 Å². The molecule has 0 spiro atoms. The van der Waals surface area contributed by atoms with Gasteiger partial charge in [-0.1, -0.05) is 48.7 Å². The van der Waals surface area contributed by atoms with Crippen molar-refractivity contribution in [2.24, 2.45) is 0 Å². The van der Waals surface area contributed by atoms with Crippen LogP contribution >= 0.6 is 35.8 Å². The van der Waals surface area contributed by atoms with Crippen LogP contribution in [0.4, 0.5) is 11.4 Å². The minimum atomic E-state index is -0.672. The van der Waals surface area contributed by atoms with Gasteiger partial charge in [0.1, 0.15) is 10.6 Å². The van der Waals surface area contributed by atoms with Gasteiger partial charge in [0.25, 0.3) is 0 Å². The number of hydrogen-bond donors (Lipinski definition) is 4. The van der Waals surface area contributed by atoms with Gasteiger partial charge in [0, 0.05) is 23.0 Å². The van der Waals surface area contributed by atoms with Gasteiger partial charge in [0.15, 0.2) is 17.2 Å². The van der Waals surface area contributed by atoms with E-state index in [-0.39, 0.29) is 51.7 Å². The third kappa shape index (κ3) is 11.7. The van der Waals surface area contributed by atoms with Crippen LogP contribution in [0.3, 0.4) is 0 Å². The molecule has 0 saturated carbocycles. The Morgan fingerprint density at radius 3 is 2.43 bits per heavy atom. The summed E-state index contributed by atoms with van der Waals surface area (Å²) >= 11 is 12.3. The monoisotopic (exact) mass is 769 g/mol. The number of thiophene rings is 1. The molecule has 240 valence electrons. The summed E-state index contributed by atoms with van der Waals surface area (Å²) in [5.41, 5.74) is 8.76. The zero-order valence-corrected chi connectivity index (χ0v) is 31.4. The summed E-state index contributed by atoms with van der Waals surface area (Å²) in [7, 11) is 1.28. The van der Waals surface area contributed by atoms with Crippen LogP contribution < -0.4 is 20.5 Å². The number of carbonyl (C=O) groups excluding carboxylic acids is 2. The van der Waals surface area contributed by atoms with Gasteiger partial charge in [-0.25, -0.2) is 9.59 Å². The first-order valence-electron chi connectivity index (χ1n) is 14.1. The molecular formula is C32H43ClN3O5S2Sb. The standard InChI is InChI=1S/C32H42ClN3O5S2.Sb.H/c1-31(2,3)41-25(37)19-40-27-26(33)28(43-29(27)30(38)39-6)21-12-9-14-23(17-21)35-24(18-32(4,5)36-42)15-8-11-20-10-7-13-22(34)16-20;;/h7,9-10,12-14,16-17,24,35-36,42H,8,11,15,18-19,34H2,1-6H3;;. The fraction of sp³-hybridized carbons (Fsp3) is 0.438. The van der Waals surface area contributed by atoms with Crippen molar-refractivity contribution >= 4 is 83.5 Å². The second-order valence-electron chi connectivity index (χ2n) is 12.0. The Hall–Kier alpha value is -2.10. The number of nitrogen functional groups attached to an aromatic ring is 1. The SMILES string of the molecule is COC(=O)c1sc(-c2cccc(NC(CCCc3cccc(N)c3)CC(C)(C)NS)c2)c(Cl)c1OCC(=O)OC(C)(C)C.[SbH]. The van der Waals surface area contributed by atoms with Crippen molar-refractivity contribution in [2.45, 2.75) is 77.5 Å². The van der Waals surface area contributed by atoms with E-state index in [9.17, 15) is 9.59 Å². The zero-order valence-electron chi connectivity index (χ0n) is 26.1. The third-order valence-electron chi connectivity index (χ3n) is 6.46. The molecule has 0 saturated heterocycles. The van der Waals surface area contributed by atoms with Crippen LogP contribution in [0.5, 0.6) is 5.75 Å². The first-order valence-corrected chi connectivity index (χ1v) is 15.7. The number of nitrogens with two attached hydrogens (primary N) is 1. The summed E-state index contributed by atoms with van der Waals surface area (Å²) in [4.78, 5) is 25.7. The average Bonchev–Trinajstić information content (AvgIpc) is 3.26. The van der Waals surface area contributed by atoms with E-state index in [0.29, 0.717) is 4.88 Å². The molecule has 3 rings (SSSR count). The van der Waals surface area contributed by atoms with Gasteiger partial charge >= 0.3 is 36.4 Å². The first-order chi connectivity index (χ1) is 20.2. The van der Waals surface area contributed by atoms with Crippen molar-refractivity contribution in [3.05, 3.63) is 64.0 Å². The van der Waals surface area contributed by atoms with E-state index >= 15 is 0 Å². The quantitative estimate of drug-likeness (QED) is 0.0606. The molecule has 1 heterocycles. The molecule has 1 aromatic heterocycles. The Kier molecular flexibility index (Phi) is 14.7. The Bertz CT molecular complexity index is 1410. The van der Waals surface area contributed by atoms with E-state index in [1.54, 1.807) is 20.8 Å². The molecule has 3 aromatic rings. The summed E-state index contributed by atoms with van der Waals surface area (Å²) in [6, 6.07) is 16.0. The summed E-state index contributed by atoms with van der Waals surface area (Å²) in [6.07, 6.45) is 3.64. The molecular weight excluding hydrogens is 728 g/mol. The fourth-order valence-corrected chi connectivity index (χ4v) is 6.19. The van der Waals surface area contributed by atoms with Crippen LogP contribution in [-0.2, 0) is 20.7 Å². The molecule has 2 aromatic carbocycles. The predicted molar refractivity (Wildman–Crippen MR) is 187 cm³/mol. The van der Waals surface area contributed by atoms with Crippen molar-refractivity contribution < 1.29 is 23.8 Å². The van der Waals surface area contributed by atoms with Gasteiger partial charge in [-0.15, -0.1) is 11.3 Å². The molecule has 1 atom stereocenters. The van der Waals surface area contributed by atoms with Gasteiger partial charge in [0.2, 0.25) is 0 Å². The fourth-order valence-electron chi connectivity index (χ4n) is 4.61. The van der Waals surface area contributed by atoms with E-state index in [2.05, 4.69) is 42.8 Å². The Morgan fingerprint density at radius 2 is 1.80 bits per heavy atom. The molecule has 8 nitrogen and oxygen atoms in total. The van der Waals surface area contributed by atoms with Crippen LogP contribution in [0, 0.1) is 0 Å². The van der Waals surface area contributed by atoms with Crippen LogP contribution in [-0.4, -0.2) is 67.3 Å². The molecule has 0 bridgehead atoms. The maximum absolute atomic E-state index is 12.6. The molecule has 0 amide bonds. The topological polar surface area (TPSA) is 112 Å². The molecule has 0 fully saturated rings. The Balaban J connectivity index is 0.00000675. The second kappa shape index (κ2) is 17.0. The van der Waals surface area contributed by atoms with Gasteiger partial charge in [0.05, 0.1) is 12.0 Å². The van der Waals surface area contributed by atoms with Gasteiger partial charge < -0.3 is 25.3 Å². The number of halogens is 1. The number of methoxy groups -OCH3 is 1. The van der Waals surface area contributed by atoms with E-state index in [1.165, 1.54) is 12.7 Å². The second-order valence-corrected chi connectivity index (χ2v) is 13.7. The molecule has 2 radical (unpaired) electrons. The van der Waals surface area contributed by atoms with Crippen LogP contribution in [0.25, 0.3) is 10.4 Å². The van der Waals surface area contributed by atoms with Crippen molar-refractivity contribution in [1.82, 2.24) is 4.72 Å². The van der Waals surface area contributed by atoms with Crippen LogP contribution in [0.2, 0.25) is 5.02 Å². The van der Waals surface area contributed by atoms with Gasteiger partial charge in [-0.05, 0) is 95.7 Å². The number of nitrogens with one attached hydrogen (secondary N) is 2. The number of rotatable bonds is 14. The number of aryl methyl sites for hydroxylation is 1. The first kappa shape index (κ1) is 38.1. The maximum atomic E-state index is 12.6. The van der Waals surface area contributed by atoms with Crippen LogP contribution in [0.15, 0.2) is 48.5 Å². The van der Waals surface area contributed by atoms with Crippen molar-refractivity contribution in [3.8, 4) is 16.2 Å². The summed E-state index contributed by atoms with van der Waals surface area (Å²) in [6.45, 7) is 9.12. The average molecular weight is 771 g/mol. The summed E-state index contributed by atoms with van der Waals surface area (Å²) < 4.78 is 19.1. The third-order valence-corrected chi connectivity index (χ3v) is 8.74. The molecule has 0 aliphatic rings. The predicted octanol–water partition coefficient (Wildman–Crippen LogP) is 6.92. The van der Waals surface area contributed by atoms with Crippen LogP contribution in [0.1, 0.15) is 69.1 Å². The van der Waals surface area contributed by atoms with E-state index in [1.807, 2.05) is 42.5 Å².